The highest BCUT2D eigenvalue weighted by Crippen LogP contribution is 2.38. The van der Waals surface area contributed by atoms with Crippen molar-refractivity contribution in [3.63, 3.8) is 0 Å². The molecular formula is C25H33N5. The van der Waals surface area contributed by atoms with Crippen LogP contribution >= 0.6 is 0 Å². The molecule has 0 spiro atoms. The van der Waals surface area contributed by atoms with Crippen molar-refractivity contribution in [3.8, 4) is 6.07 Å². The number of rotatable bonds is 5. The molecule has 5 heteroatoms. The summed E-state index contributed by atoms with van der Waals surface area (Å²) in [5.41, 5.74) is 8.52. The van der Waals surface area contributed by atoms with Gasteiger partial charge in [0.2, 0.25) is 0 Å². The van der Waals surface area contributed by atoms with Crippen LogP contribution in [0.2, 0.25) is 0 Å². The van der Waals surface area contributed by atoms with Crippen LogP contribution < -0.4 is 4.90 Å². The topological polar surface area (TPSA) is 47.6 Å². The minimum absolute atomic E-state index is 0.366. The Kier molecular flexibility index (Phi) is 5.46. The van der Waals surface area contributed by atoms with Crippen molar-refractivity contribution in [2.75, 3.05) is 25.5 Å². The van der Waals surface area contributed by atoms with Crippen LogP contribution in [-0.4, -0.2) is 41.1 Å². The van der Waals surface area contributed by atoms with E-state index in [0.717, 1.165) is 60.0 Å². The Morgan fingerprint density at radius 2 is 1.93 bits per heavy atom. The van der Waals surface area contributed by atoms with Gasteiger partial charge < -0.3 is 4.90 Å². The zero-order valence-corrected chi connectivity index (χ0v) is 19.2. The molecule has 1 fully saturated rings. The van der Waals surface area contributed by atoms with Gasteiger partial charge in [0.1, 0.15) is 11.9 Å². The largest absolute Gasteiger partial charge is 0.342 e. The van der Waals surface area contributed by atoms with E-state index in [2.05, 4.69) is 74.2 Å². The number of hydrogen-bond donors (Lipinski definition) is 0. The predicted octanol–water partition coefficient (Wildman–Crippen LogP) is 5.11. The second-order valence-corrected chi connectivity index (χ2v) is 8.99. The highest BCUT2D eigenvalue weighted by atomic mass is 15.4. The number of benzene rings is 1. The molecule has 30 heavy (non-hydrogen) atoms. The third-order valence-corrected chi connectivity index (χ3v) is 6.78. The van der Waals surface area contributed by atoms with E-state index < -0.39 is 0 Å². The Bertz CT molecular complexity index is 1150. The standard InChI is InChI=1S/C25H33N5/c1-7-8-10-19-18(4)20(15-26)24-27-21-13-16(2)17(3)14-22(21)30(24)25(19)29-12-9-11-23(29)28(5)6/h13-14,23H,7-12H2,1-6H3. The van der Waals surface area contributed by atoms with E-state index in [1.807, 2.05) is 0 Å². The molecule has 1 aromatic carbocycles. The van der Waals surface area contributed by atoms with Gasteiger partial charge in [-0.3, -0.25) is 9.30 Å². The van der Waals surface area contributed by atoms with Gasteiger partial charge in [0.05, 0.1) is 22.8 Å². The van der Waals surface area contributed by atoms with Gasteiger partial charge in [-0.2, -0.15) is 5.26 Å². The molecule has 0 bridgehead atoms. The summed E-state index contributed by atoms with van der Waals surface area (Å²) >= 11 is 0. The molecule has 0 amide bonds. The van der Waals surface area contributed by atoms with Crippen LogP contribution in [-0.2, 0) is 6.42 Å². The van der Waals surface area contributed by atoms with Crippen LogP contribution in [0.25, 0.3) is 16.7 Å². The molecule has 3 aromatic rings. The van der Waals surface area contributed by atoms with Crippen LogP contribution in [0.1, 0.15) is 60.4 Å². The number of pyridine rings is 1. The summed E-state index contributed by atoms with van der Waals surface area (Å²) in [6.45, 7) is 9.67. The molecule has 0 N–H and O–H groups in total. The molecule has 1 atom stereocenters. The summed E-state index contributed by atoms with van der Waals surface area (Å²) in [6.07, 6.45) is 5.95. The summed E-state index contributed by atoms with van der Waals surface area (Å²) in [6, 6.07) is 6.89. The lowest BCUT2D eigenvalue weighted by molar-refractivity contribution is 0.299. The van der Waals surface area contributed by atoms with E-state index in [-0.39, 0.29) is 0 Å². The third kappa shape index (κ3) is 3.15. The Labute approximate surface area is 179 Å². The molecule has 0 saturated carbocycles. The average Bonchev–Trinajstić information content (AvgIpc) is 3.32. The molecule has 1 unspecified atom stereocenters. The summed E-state index contributed by atoms with van der Waals surface area (Å²) in [5, 5.41) is 10.1. The van der Waals surface area contributed by atoms with Gasteiger partial charge in [-0.05, 0) is 94.9 Å². The Morgan fingerprint density at radius 3 is 2.60 bits per heavy atom. The zero-order chi connectivity index (χ0) is 21.6. The molecule has 1 saturated heterocycles. The molecular weight excluding hydrogens is 370 g/mol. The third-order valence-electron chi connectivity index (χ3n) is 6.78. The molecule has 4 rings (SSSR count). The van der Waals surface area contributed by atoms with Crippen LogP contribution in [0.4, 0.5) is 5.82 Å². The number of nitriles is 1. The number of nitrogens with zero attached hydrogens (tertiary/aromatic N) is 5. The van der Waals surface area contributed by atoms with Crippen molar-refractivity contribution >= 4 is 22.5 Å². The molecule has 0 aliphatic carbocycles. The SMILES string of the molecule is CCCCc1c(C)c(C#N)c2nc3cc(C)c(C)cc3n2c1N1CCCC1N(C)C. The molecule has 1 aliphatic rings. The van der Waals surface area contributed by atoms with Gasteiger partial charge in [-0.15, -0.1) is 0 Å². The number of fused-ring (bicyclic) bond motifs is 3. The maximum atomic E-state index is 10.1. The quantitative estimate of drug-likeness (QED) is 0.594. The summed E-state index contributed by atoms with van der Waals surface area (Å²) in [5.74, 6) is 1.25. The van der Waals surface area contributed by atoms with Crippen molar-refractivity contribution < 1.29 is 0 Å². The van der Waals surface area contributed by atoms with Gasteiger partial charge in [0, 0.05) is 6.54 Å². The first-order chi connectivity index (χ1) is 14.4. The van der Waals surface area contributed by atoms with Crippen molar-refractivity contribution in [1.82, 2.24) is 14.3 Å². The fraction of sp³-hybridized carbons (Fsp3) is 0.520. The molecule has 5 nitrogen and oxygen atoms in total. The fourth-order valence-electron chi connectivity index (χ4n) is 4.96. The number of unbranched alkanes of at least 4 members (excludes halogenated alkanes) is 1. The maximum Gasteiger partial charge on any atom is 0.157 e. The molecule has 1 aliphatic heterocycles. The van der Waals surface area contributed by atoms with Gasteiger partial charge in [0.15, 0.2) is 5.65 Å². The fourth-order valence-corrected chi connectivity index (χ4v) is 4.96. The van der Waals surface area contributed by atoms with Gasteiger partial charge in [-0.1, -0.05) is 13.3 Å². The number of anilines is 1. The van der Waals surface area contributed by atoms with Gasteiger partial charge >= 0.3 is 0 Å². The predicted molar refractivity (Wildman–Crippen MR) is 124 cm³/mol. The normalized spacial score (nSPS) is 16.9. The van der Waals surface area contributed by atoms with E-state index >= 15 is 0 Å². The lowest BCUT2D eigenvalue weighted by Gasteiger charge is -2.34. The number of hydrogen-bond acceptors (Lipinski definition) is 4. The molecule has 158 valence electrons. The number of imidazole rings is 1. The summed E-state index contributed by atoms with van der Waals surface area (Å²) in [7, 11) is 4.34. The van der Waals surface area contributed by atoms with Crippen LogP contribution in [0.15, 0.2) is 12.1 Å². The summed E-state index contributed by atoms with van der Waals surface area (Å²) in [4.78, 5) is 9.85. The van der Waals surface area contributed by atoms with Crippen molar-refractivity contribution in [3.05, 3.63) is 39.9 Å². The molecule has 0 radical (unpaired) electrons. The highest BCUT2D eigenvalue weighted by Gasteiger charge is 2.32. The van der Waals surface area contributed by atoms with Crippen LogP contribution in [0.3, 0.4) is 0 Å². The van der Waals surface area contributed by atoms with Crippen molar-refractivity contribution in [2.24, 2.45) is 0 Å². The Morgan fingerprint density at radius 1 is 1.20 bits per heavy atom. The van der Waals surface area contributed by atoms with Gasteiger partial charge in [-0.25, -0.2) is 4.98 Å². The minimum atomic E-state index is 0.366. The smallest absolute Gasteiger partial charge is 0.157 e. The second kappa shape index (κ2) is 7.92. The van der Waals surface area contributed by atoms with Crippen molar-refractivity contribution in [2.45, 2.75) is 66.0 Å². The Balaban J connectivity index is 2.15. The lowest BCUT2D eigenvalue weighted by atomic mass is 9.99. The van der Waals surface area contributed by atoms with E-state index in [4.69, 9.17) is 4.98 Å². The van der Waals surface area contributed by atoms with Gasteiger partial charge in [0.25, 0.3) is 0 Å². The zero-order valence-electron chi connectivity index (χ0n) is 19.2. The highest BCUT2D eigenvalue weighted by molar-refractivity contribution is 5.87. The van der Waals surface area contributed by atoms with Crippen LogP contribution in [0.5, 0.6) is 0 Å². The van der Waals surface area contributed by atoms with E-state index in [0.29, 0.717) is 6.17 Å². The molecule has 3 heterocycles. The van der Waals surface area contributed by atoms with E-state index in [9.17, 15) is 5.26 Å². The molecule has 2 aromatic heterocycles. The monoisotopic (exact) mass is 403 g/mol. The van der Waals surface area contributed by atoms with Crippen LogP contribution in [0, 0.1) is 32.1 Å². The second-order valence-electron chi connectivity index (χ2n) is 8.99. The number of aryl methyl sites for hydroxylation is 2. The number of aromatic nitrogens is 2. The first-order valence-corrected chi connectivity index (χ1v) is 11.2. The summed E-state index contributed by atoms with van der Waals surface area (Å²) < 4.78 is 2.29. The van der Waals surface area contributed by atoms with E-state index in [1.54, 1.807) is 0 Å². The van der Waals surface area contributed by atoms with E-state index in [1.165, 1.54) is 28.9 Å². The average molecular weight is 404 g/mol. The maximum absolute atomic E-state index is 10.1. The lowest BCUT2D eigenvalue weighted by Crippen LogP contribution is -2.42. The van der Waals surface area contributed by atoms with Crippen molar-refractivity contribution in [1.29, 1.82) is 5.26 Å². The minimum Gasteiger partial charge on any atom is -0.342 e. The Hall–Kier alpha value is -2.58. The first kappa shape index (κ1) is 20.7. The first-order valence-electron chi connectivity index (χ1n) is 11.2.